The fourth-order valence-corrected chi connectivity index (χ4v) is 3.91. The van der Waals surface area contributed by atoms with E-state index in [9.17, 15) is 4.39 Å². The van der Waals surface area contributed by atoms with Gasteiger partial charge < -0.3 is 14.0 Å². The summed E-state index contributed by atoms with van der Waals surface area (Å²) in [5, 5.41) is 11.4. The van der Waals surface area contributed by atoms with Crippen molar-refractivity contribution in [1.29, 1.82) is 0 Å². The van der Waals surface area contributed by atoms with Crippen LogP contribution in [0.3, 0.4) is 0 Å². The predicted octanol–water partition coefficient (Wildman–Crippen LogP) is 5.75. The molecule has 196 valence electrons. The molecule has 9 nitrogen and oxygen atoms in total. The van der Waals surface area contributed by atoms with Gasteiger partial charge in [0.15, 0.2) is 0 Å². The summed E-state index contributed by atoms with van der Waals surface area (Å²) in [7, 11) is 1.59. The number of halogens is 4. The number of pyridine rings is 1. The van der Waals surface area contributed by atoms with Gasteiger partial charge in [-0.3, -0.25) is 9.50 Å². The fraction of sp³-hybridized carbons (Fsp3) is 0.250. The third-order valence-corrected chi connectivity index (χ3v) is 5.81. The van der Waals surface area contributed by atoms with Crippen molar-refractivity contribution in [3.8, 4) is 39.7 Å². The molecule has 1 aliphatic carbocycles. The number of benzene rings is 1. The molecule has 5 aromatic rings. The Balaban J connectivity index is 0.00000127. The Labute approximate surface area is 230 Å². The molecule has 4 aromatic heterocycles. The Morgan fingerprint density at radius 1 is 1.08 bits per heavy atom. The van der Waals surface area contributed by atoms with Crippen molar-refractivity contribution < 1.29 is 18.4 Å². The van der Waals surface area contributed by atoms with Gasteiger partial charge in [0.2, 0.25) is 11.7 Å². The number of fused-ring (bicyclic) bond motifs is 1. The van der Waals surface area contributed by atoms with Gasteiger partial charge >= 0.3 is 0 Å². The van der Waals surface area contributed by atoms with Crippen LogP contribution in [0.15, 0.2) is 53.4 Å². The van der Waals surface area contributed by atoms with Crippen LogP contribution in [0, 0.1) is 5.82 Å². The van der Waals surface area contributed by atoms with E-state index in [1.165, 1.54) is 12.1 Å². The minimum atomic E-state index is -0.382. The van der Waals surface area contributed by atoms with Gasteiger partial charge in [-0.25, -0.2) is 9.37 Å². The van der Waals surface area contributed by atoms with E-state index < -0.39 is 0 Å². The molecule has 0 saturated heterocycles. The highest BCUT2D eigenvalue weighted by molar-refractivity contribution is 5.86. The smallest absolute Gasteiger partial charge is 0.230 e. The van der Waals surface area contributed by atoms with Gasteiger partial charge in [-0.05, 0) is 37.1 Å². The van der Waals surface area contributed by atoms with E-state index in [0.717, 1.165) is 35.3 Å². The summed E-state index contributed by atoms with van der Waals surface area (Å²) in [5.41, 5.74) is 4.62. The zero-order valence-corrected chi connectivity index (χ0v) is 22.0. The van der Waals surface area contributed by atoms with E-state index in [1.807, 2.05) is 22.7 Å². The molecule has 0 aliphatic heterocycles. The SMILES string of the molecule is COCCOc1cc(F)ccc1-c1[nH]ncc1-c1ccc2ncc(-c3noc(C4CC4)n3)n2c1.Cl.Cl.Cl. The Morgan fingerprint density at radius 2 is 1.92 bits per heavy atom. The van der Waals surface area contributed by atoms with E-state index in [1.54, 1.807) is 25.6 Å². The van der Waals surface area contributed by atoms with Gasteiger partial charge in [-0.15, -0.1) is 37.2 Å². The van der Waals surface area contributed by atoms with Crippen molar-refractivity contribution in [3.63, 3.8) is 0 Å². The lowest BCUT2D eigenvalue weighted by Gasteiger charge is -2.12. The lowest BCUT2D eigenvalue weighted by atomic mass is 10.0. The van der Waals surface area contributed by atoms with Crippen molar-refractivity contribution in [2.75, 3.05) is 20.3 Å². The summed E-state index contributed by atoms with van der Waals surface area (Å²) < 4.78 is 32.1. The van der Waals surface area contributed by atoms with Crippen LogP contribution in [0.1, 0.15) is 24.7 Å². The average molecular weight is 570 g/mol. The number of nitrogens with one attached hydrogen (secondary N) is 1. The highest BCUT2D eigenvalue weighted by Gasteiger charge is 2.30. The third-order valence-electron chi connectivity index (χ3n) is 5.81. The van der Waals surface area contributed by atoms with Crippen LogP contribution in [0.2, 0.25) is 0 Å². The van der Waals surface area contributed by atoms with Gasteiger partial charge in [0, 0.05) is 42.0 Å². The average Bonchev–Trinajstić information content (AvgIpc) is 3.23. The molecule has 0 radical (unpaired) electrons. The normalized spacial score (nSPS) is 12.5. The number of H-pyrrole nitrogens is 1. The number of hydrogen-bond acceptors (Lipinski definition) is 7. The van der Waals surface area contributed by atoms with E-state index in [2.05, 4.69) is 25.3 Å². The van der Waals surface area contributed by atoms with Crippen LogP contribution in [0.5, 0.6) is 5.75 Å². The largest absolute Gasteiger partial charge is 0.490 e. The van der Waals surface area contributed by atoms with Crippen LogP contribution >= 0.6 is 37.2 Å². The molecular formula is C24H24Cl3FN6O3. The monoisotopic (exact) mass is 568 g/mol. The zero-order chi connectivity index (χ0) is 23.1. The lowest BCUT2D eigenvalue weighted by molar-refractivity contribution is 0.146. The first-order valence-electron chi connectivity index (χ1n) is 11.0. The molecule has 0 amide bonds. The number of aromatic nitrogens is 6. The van der Waals surface area contributed by atoms with Crippen molar-refractivity contribution in [2.24, 2.45) is 0 Å². The number of aromatic amines is 1. The molecule has 0 atom stereocenters. The van der Waals surface area contributed by atoms with E-state index in [0.29, 0.717) is 47.9 Å². The molecule has 0 unspecified atom stereocenters. The molecule has 0 spiro atoms. The van der Waals surface area contributed by atoms with Crippen molar-refractivity contribution in [1.82, 2.24) is 29.7 Å². The van der Waals surface area contributed by atoms with E-state index in [-0.39, 0.29) is 43.0 Å². The Kier molecular flexibility index (Phi) is 9.14. The highest BCUT2D eigenvalue weighted by atomic mass is 35.5. The maximum absolute atomic E-state index is 14.0. The molecule has 4 heterocycles. The summed E-state index contributed by atoms with van der Waals surface area (Å²) in [4.78, 5) is 9.04. The van der Waals surface area contributed by atoms with E-state index >= 15 is 0 Å². The predicted molar refractivity (Wildman–Crippen MR) is 143 cm³/mol. The summed E-state index contributed by atoms with van der Waals surface area (Å²) in [5.74, 6) is 1.58. The van der Waals surface area contributed by atoms with Crippen LogP contribution in [-0.2, 0) is 4.74 Å². The summed E-state index contributed by atoms with van der Waals surface area (Å²) in [6.45, 7) is 0.693. The topological polar surface area (TPSA) is 103 Å². The maximum atomic E-state index is 14.0. The standard InChI is InChI=1S/C24H21FN6O3.3ClH/c1-32-8-9-33-20-10-16(25)5-6-17(20)22-18(11-27-29-22)15-4-7-21-26-12-19(31(21)13-15)23-28-24(34-30-23)14-2-3-14;;;/h4-7,10-14H,2-3,8-9H2,1H3,(H,27,29);3*1H. The van der Waals surface area contributed by atoms with Crippen LogP contribution in [0.25, 0.3) is 39.5 Å². The lowest BCUT2D eigenvalue weighted by Crippen LogP contribution is -2.05. The zero-order valence-electron chi connectivity index (χ0n) is 19.6. The van der Waals surface area contributed by atoms with Crippen LogP contribution < -0.4 is 4.74 Å². The molecule has 1 aliphatic rings. The third kappa shape index (κ3) is 5.57. The van der Waals surface area contributed by atoms with E-state index in [4.69, 9.17) is 14.0 Å². The van der Waals surface area contributed by atoms with Gasteiger partial charge in [0.05, 0.1) is 24.7 Å². The first kappa shape index (κ1) is 28.4. The van der Waals surface area contributed by atoms with Gasteiger partial charge in [0.1, 0.15) is 29.5 Å². The molecule has 1 aromatic carbocycles. The molecule has 6 rings (SSSR count). The minimum Gasteiger partial charge on any atom is -0.490 e. The first-order valence-corrected chi connectivity index (χ1v) is 11.0. The fourth-order valence-electron chi connectivity index (χ4n) is 3.91. The molecule has 13 heteroatoms. The number of nitrogens with zero attached hydrogens (tertiary/aromatic N) is 5. The number of methoxy groups -OCH3 is 1. The second kappa shape index (κ2) is 11.9. The molecule has 0 bridgehead atoms. The second-order valence-electron chi connectivity index (χ2n) is 8.16. The van der Waals surface area contributed by atoms with Crippen molar-refractivity contribution >= 4 is 42.9 Å². The van der Waals surface area contributed by atoms with Crippen LogP contribution in [-0.4, -0.2) is 50.0 Å². The highest BCUT2D eigenvalue weighted by Crippen LogP contribution is 2.40. The molecular weight excluding hydrogens is 546 g/mol. The van der Waals surface area contributed by atoms with Gasteiger partial charge in [-0.1, -0.05) is 5.16 Å². The van der Waals surface area contributed by atoms with Crippen molar-refractivity contribution in [2.45, 2.75) is 18.8 Å². The first-order chi connectivity index (χ1) is 16.7. The Hall–Kier alpha value is -3.18. The second-order valence-corrected chi connectivity index (χ2v) is 8.16. The Morgan fingerprint density at radius 3 is 2.70 bits per heavy atom. The number of hydrogen-bond donors (Lipinski definition) is 1. The van der Waals surface area contributed by atoms with Gasteiger partial charge in [0.25, 0.3) is 0 Å². The number of imidazole rings is 1. The van der Waals surface area contributed by atoms with Crippen LogP contribution in [0.4, 0.5) is 4.39 Å². The summed E-state index contributed by atoms with van der Waals surface area (Å²) in [6.07, 6.45) is 7.59. The Bertz CT molecular complexity index is 1480. The minimum absolute atomic E-state index is 0. The quantitative estimate of drug-likeness (QED) is 0.237. The molecule has 1 fully saturated rings. The molecule has 1 N–H and O–H groups in total. The van der Waals surface area contributed by atoms with Crippen molar-refractivity contribution in [3.05, 3.63) is 60.6 Å². The summed E-state index contributed by atoms with van der Waals surface area (Å²) in [6, 6.07) is 8.31. The number of ether oxygens (including phenoxy) is 2. The molecule has 1 saturated carbocycles. The summed E-state index contributed by atoms with van der Waals surface area (Å²) >= 11 is 0. The number of rotatable bonds is 8. The molecule has 37 heavy (non-hydrogen) atoms. The van der Waals surface area contributed by atoms with Gasteiger partial charge in [-0.2, -0.15) is 10.1 Å². The maximum Gasteiger partial charge on any atom is 0.230 e.